The highest BCUT2D eigenvalue weighted by Gasteiger charge is 2.32. The molecule has 0 saturated carbocycles. The lowest BCUT2D eigenvalue weighted by molar-refractivity contribution is -0.143. The fourth-order valence-electron chi connectivity index (χ4n) is 3.99. The molecule has 0 spiro atoms. The van der Waals surface area contributed by atoms with Crippen LogP contribution in [0, 0.1) is 12.8 Å². The minimum Gasteiger partial charge on any atom is -0.468 e. The lowest BCUT2D eigenvalue weighted by Crippen LogP contribution is -2.52. The third-order valence-corrected chi connectivity index (χ3v) is 5.76. The summed E-state index contributed by atoms with van der Waals surface area (Å²) >= 11 is 0. The molecule has 0 unspecified atom stereocenters. The first-order chi connectivity index (χ1) is 14.0. The highest BCUT2D eigenvalue weighted by molar-refractivity contribution is 5.79. The Morgan fingerprint density at radius 2 is 1.83 bits per heavy atom. The van der Waals surface area contributed by atoms with Crippen LogP contribution in [-0.4, -0.2) is 84.6 Å². The first-order valence-electron chi connectivity index (χ1n) is 10.1. The predicted molar refractivity (Wildman–Crippen MR) is 107 cm³/mol. The van der Waals surface area contributed by atoms with Gasteiger partial charge in [-0.2, -0.15) is 4.98 Å². The number of piperazine rings is 1. The monoisotopic (exact) mass is 401 g/mol. The Morgan fingerprint density at radius 3 is 2.52 bits per heavy atom. The summed E-state index contributed by atoms with van der Waals surface area (Å²) in [5.74, 6) is 0.0158. The van der Waals surface area contributed by atoms with Crippen LogP contribution in [0.1, 0.15) is 18.5 Å². The predicted octanol–water partition coefficient (Wildman–Crippen LogP) is 1.06. The number of piperidine rings is 1. The number of oxazole rings is 1. The van der Waals surface area contributed by atoms with Crippen LogP contribution in [0.15, 0.2) is 16.5 Å². The summed E-state index contributed by atoms with van der Waals surface area (Å²) in [6.07, 6.45) is 1.57. The van der Waals surface area contributed by atoms with Gasteiger partial charge in [0, 0.05) is 50.9 Å². The molecule has 9 heteroatoms. The lowest BCUT2D eigenvalue weighted by Gasteiger charge is -2.38. The second-order valence-electron chi connectivity index (χ2n) is 7.71. The van der Waals surface area contributed by atoms with Gasteiger partial charge in [0.05, 0.1) is 13.7 Å². The highest BCUT2D eigenvalue weighted by atomic mass is 16.5. The Balaban J connectivity index is 1.29. The average molecular weight is 401 g/mol. The van der Waals surface area contributed by atoms with E-state index in [0.29, 0.717) is 43.4 Å². The Morgan fingerprint density at radius 1 is 1.10 bits per heavy atom. The van der Waals surface area contributed by atoms with Gasteiger partial charge in [0.15, 0.2) is 5.58 Å². The third-order valence-electron chi connectivity index (χ3n) is 5.76. The van der Waals surface area contributed by atoms with E-state index >= 15 is 0 Å². The van der Waals surface area contributed by atoms with Gasteiger partial charge in [0.2, 0.25) is 11.6 Å². The number of aryl methyl sites for hydroxylation is 1. The molecule has 0 bridgehead atoms. The van der Waals surface area contributed by atoms with Crippen molar-refractivity contribution < 1.29 is 18.7 Å². The van der Waals surface area contributed by atoms with Gasteiger partial charge in [0.25, 0.3) is 6.01 Å². The van der Waals surface area contributed by atoms with Crippen molar-refractivity contribution in [1.82, 2.24) is 19.8 Å². The van der Waals surface area contributed by atoms with E-state index in [1.165, 1.54) is 7.11 Å². The van der Waals surface area contributed by atoms with Crippen molar-refractivity contribution in [2.45, 2.75) is 19.8 Å². The first kappa shape index (κ1) is 19.6. The zero-order valence-corrected chi connectivity index (χ0v) is 17.0. The molecule has 156 valence electrons. The summed E-state index contributed by atoms with van der Waals surface area (Å²) in [5.41, 5.74) is 2.23. The van der Waals surface area contributed by atoms with Gasteiger partial charge in [-0.15, -0.1) is 0 Å². The Kier molecular flexibility index (Phi) is 5.66. The minimum absolute atomic E-state index is 0.0307. The number of carbonyl (C=O) groups excluding carboxylic acids is 2. The van der Waals surface area contributed by atoms with Crippen LogP contribution in [-0.2, 0) is 14.3 Å². The standard InChI is InChI=1S/C20H27N5O4/c1-14-3-4-16-18(21-14)22-20(29-16)25-7-5-15(6-8-25)19(27)24-11-9-23(10-12-24)13-17(26)28-2/h3-4,15H,5-13H2,1-2H3. The quantitative estimate of drug-likeness (QED) is 0.703. The normalized spacial score (nSPS) is 19.0. The topological polar surface area (TPSA) is 92.0 Å². The molecule has 0 aromatic carbocycles. The molecule has 9 nitrogen and oxygen atoms in total. The fourth-order valence-corrected chi connectivity index (χ4v) is 3.99. The van der Waals surface area contributed by atoms with Crippen molar-refractivity contribution >= 4 is 29.1 Å². The van der Waals surface area contributed by atoms with Crippen LogP contribution < -0.4 is 4.90 Å². The number of carbonyl (C=O) groups is 2. The number of pyridine rings is 1. The molecule has 2 saturated heterocycles. The summed E-state index contributed by atoms with van der Waals surface area (Å²) in [5, 5.41) is 0. The van der Waals surface area contributed by atoms with Gasteiger partial charge in [-0.1, -0.05) is 0 Å². The molecular formula is C20H27N5O4. The van der Waals surface area contributed by atoms with Crippen LogP contribution >= 0.6 is 0 Å². The molecule has 0 atom stereocenters. The molecule has 2 aliphatic rings. The zero-order chi connectivity index (χ0) is 20.4. The van der Waals surface area contributed by atoms with Gasteiger partial charge in [-0.3, -0.25) is 14.5 Å². The van der Waals surface area contributed by atoms with Gasteiger partial charge in [-0.05, 0) is 31.9 Å². The summed E-state index contributed by atoms with van der Waals surface area (Å²) in [6.45, 7) is 6.42. The highest BCUT2D eigenvalue weighted by Crippen LogP contribution is 2.27. The van der Waals surface area contributed by atoms with E-state index in [4.69, 9.17) is 9.15 Å². The van der Waals surface area contributed by atoms with Gasteiger partial charge in [-0.25, -0.2) is 4.98 Å². The number of ether oxygens (including phenoxy) is 1. The Hall–Kier alpha value is -2.68. The maximum Gasteiger partial charge on any atom is 0.319 e. The first-order valence-corrected chi connectivity index (χ1v) is 10.1. The van der Waals surface area contributed by atoms with E-state index < -0.39 is 0 Å². The van der Waals surface area contributed by atoms with Crippen LogP contribution in [0.5, 0.6) is 0 Å². The van der Waals surface area contributed by atoms with E-state index in [1.54, 1.807) is 0 Å². The van der Waals surface area contributed by atoms with Gasteiger partial charge >= 0.3 is 5.97 Å². The molecule has 4 heterocycles. The van der Waals surface area contributed by atoms with Crippen LogP contribution in [0.3, 0.4) is 0 Å². The van der Waals surface area contributed by atoms with Crippen molar-refractivity contribution in [2.75, 3.05) is 57.8 Å². The molecule has 0 N–H and O–H groups in total. The molecule has 2 fully saturated rings. The molecular weight excluding hydrogens is 374 g/mol. The maximum absolute atomic E-state index is 12.9. The molecule has 1 amide bonds. The van der Waals surface area contributed by atoms with Crippen LogP contribution in [0.4, 0.5) is 6.01 Å². The van der Waals surface area contributed by atoms with Crippen molar-refractivity contribution in [3.63, 3.8) is 0 Å². The van der Waals surface area contributed by atoms with E-state index in [0.717, 1.165) is 31.6 Å². The lowest BCUT2D eigenvalue weighted by atomic mass is 9.95. The number of rotatable bonds is 4. The number of fused-ring (bicyclic) bond motifs is 1. The van der Waals surface area contributed by atoms with E-state index in [2.05, 4.69) is 14.9 Å². The SMILES string of the molecule is COC(=O)CN1CCN(C(=O)C2CCN(c3nc4nc(C)ccc4o3)CC2)CC1. The summed E-state index contributed by atoms with van der Waals surface area (Å²) in [4.78, 5) is 39.3. The molecule has 0 radical (unpaired) electrons. The maximum atomic E-state index is 12.9. The van der Waals surface area contributed by atoms with Crippen molar-refractivity contribution in [3.05, 3.63) is 17.8 Å². The van der Waals surface area contributed by atoms with E-state index in [1.807, 2.05) is 28.9 Å². The number of anilines is 1. The number of nitrogens with zero attached hydrogens (tertiary/aromatic N) is 5. The molecule has 4 rings (SSSR count). The number of hydrogen-bond donors (Lipinski definition) is 0. The van der Waals surface area contributed by atoms with Crippen LogP contribution in [0.25, 0.3) is 11.2 Å². The Labute approximate surface area is 169 Å². The van der Waals surface area contributed by atoms with Crippen molar-refractivity contribution in [2.24, 2.45) is 5.92 Å². The zero-order valence-electron chi connectivity index (χ0n) is 17.0. The van der Waals surface area contributed by atoms with E-state index in [-0.39, 0.29) is 24.3 Å². The fraction of sp³-hybridized carbons (Fsp3) is 0.600. The van der Waals surface area contributed by atoms with Gasteiger partial charge in [0.1, 0.15) is 0 Å². The average Bonchev–Trinajstić information content (AvgIpc) is 3.17. The summed E-state index contributed by atoms with van der Waals surface area (Å²) in [7, 11) is 1.40. The molecule has 2 aliphatic heterocycles. The molecule has 0 aliphatic carbocycles. The Bertz CT molecular complexity index is 882. The number of methoxy groups -OCH3 is 1. The second-order valence-corrected chi connectivity index (χ2v) is 7.71. The smallest absolute Gasteiger partial charge is 0.319 e. The summed E-state index contributed by atoms with van der Waals surface area (Å²) < 4.78 is 10.6. The second kappa shape index (κ2) is 8.36. The van der Waals surface area contributed by atoms with E-state index in [9.17, 15) is 9.59 Å². The number of esters is 1. The molecule has 29 heavy (non-hydrogen) atoms. The van der Waals surface area contributed by atoms with Crippen molar-refractivity contribution in [3.8, 4) is 0 Å². The number of hydrogen-bond acceptors (Lipinski definition) is 8. The minimum atomic E-state index is -0.235. The van der Waals surface area contributed by atoms with Crippen molar-refractivity contribution in [1.29, 1.82) is 0 Å². The largest absolute Gasteiger partial charge is 0.468 e. The van der Waals surface area contributed by atoms with Crippen LogP contribution in [0.2, 0.25) is 0 Å². The third kappa shape index (κ3) is 4.34. The summed E-state index contributed by atoms with van der Waals surface area (Å²) in [6, 6.07) is 4.39. The number of aromatic nitrogens is 2. The molecule has 2 aromatic rings. The molecule has 2 aromatic heterocycles. The number of amides is 1. The van der Waals surface area contributed by atoms with Gasteiger partial charge < -0.3 is 19.0 Å².